The number of rotatable bonds is 4. The van der Waals surface area contributed by atoms with E-state index in [0.29, 0.717) is 11.1 Å². The van der Waals surface area contributed by atoms with Crippen molar-refractivity contribution in [2.75, 3.05) is 6.61 Å². The summed E-state index contributed by atoms with van der Waals surface area (Å²) in [6.45, 7) is 6.01. The lowest BCUT2D eigenvalue weighted by atomic mass is 9.91. The van der Waals surface area contributed by atoms with Crippen LogP contribution in [0.2, 0.25) is 0 Å². The molecule has 4 heteroatoms. The molecule has 1 amide bonds. The number of carbonyl (C=O) groups excluding carboxylic acids is 1. The third-order valence-electron chi connectivity index (χ3n) is 4.13. The summed E-state index contributed by atoms with van der Waals surface area (Å²) in [6, 6.07) is 17.3. The summed E-state index contributed by atoms with van der Waals surface area (Å²) in [5.74, 6) is -0.279. The number of fused-ring (bicyclic) bond motifs is 1. The first-order valence-corrected chi connectivity index (χ1v) is 7.81. The lowest BCUT2D eigenvalue weighted by molar-refractivity contribution is 0.0998. The molecule has 25 heavy (non-hydrogen) atoms. The van der Waals surface area contributed by atoms with Crippen LogP contribution in [0.1, 0.15) is 21.5 Å². The number of amides is 1. The molecule has 3 aromatic rings. The van der Waals surface area contributed by atoms with Gasteiger partial charge in [-0.05, 0) is 47.4 Å². The molecule has 0 aliphatic carbocycles. The van der Waals surface area contributed by atoms with E-state index in [2.05, 4.69) is 6.92 Å². The van der Waals surface area contributed by atoms with Crippen LogP contribution >= 0.6 is 0 Å². The van der Waals surface area contributed by atoms with Crippen LogP contribution in [0.15, 0.2) is 48.5 Å². The highest BCUT2D eigenvalue weighted by molar-refractivity contribution is 6.12. The lowest BCUT2D eigenvalue weighted by Gasteiger charge is -2.15. The van der Waals surface area contributed by atoms with E-state index < -0.39 is 5.91 Å². The molecule has 2 N–H and O–H groups in total. The van der Waals surface area contributed by atoms with Crippen LogP contribution in [0.4, 0.5) is 0 Å². The Morgan fingerprint density at radius 3 is 2.44 bits per heavy atom. The van der Waals surface area contributed by atoms with Crippen molar-refractivity contribution >= 4 is 16.7 Å². The highest BCUT2D eigenvalue weighted by atomic mass is 16.5. The summed E-state index contributed by atoms with van der Waals surface area (Å²) >= 11 is 0. The maximum Gasteiger partial charge on any atom is 0.253 e. The number of carbonyl (C=O) groups is 1. The zero-order chi connectivity index (χ0) is 18.0. The maximum absolute atomic E-state index is 12.0. The standard InChI is InChI=1S/C21H17N2O2/c1-13-3-6-15(7-4-13)19-14(2)5-8-17-16(19)9-10-18(25-12-11-22)20(17)21(23)24/h3-10H,2,12H2,1H3,(H2,23,24). The molecule has 0 unspecified atom stereocenters. The first-order valence-electron chi connectivity index (χ1n) is 7.81. The lowest BCUT2D eigenvalue weighted by Crippen LogP contribution is -2.14. The van der Waals surface area contributed by atoms with E-state index in [4.69, 9.17) is 15.7 Å². The predicted octanol–water partition coefficient (Wildman–Crippen LogP) is 4.00. The summed E-state index contributed by atoms with van der Waals surface area (Å²) in [7, 11) is 0. The monoisotopic (exact) mass is 329 g/mol. The Balaban J connectivity index is 2.31. The highest BCUT2D eigenvalue weighted by Gasteiger charge is 2.17. The minimum Gasteiger partial charge on any atom is -0.478 e. The molecule has 0 heterocycles. The summed E-state index contributed by atoms with van der Waals surface area (Å²) in [6.07, 6.45) is 0. The van der Waals surface area contributed by atoms with E-state index in [1.165, 1.54) is 5.56 Å². The molecule has 0 spiro atoms. The van der Waals surface area contributed by atoms with Crippen LogP contribution < -0.4 is 10.5 Å². The predicted molar refractivity (Wildman–Crippen MR) is 98.2 cm³/mol. The molecule has 4 nitrogen and oxygen atoms in total. The van der Waals surface area contributed by atoms with Gasteiger partial charge in [-0.2, -0.15) is 5.26 Å². The molecule has 0 fully saturated rings. The Kier molecular flexibility index (Phi) is 4.40. The van der Waals surface area contributed by atoms with Crippen molar-refractivity contribution in [3.05, 3.63) is 72.1 Å². The Morgan fingerprint density at radius 2 is 1.80 bits per heavy atom. The Labute approximate surface area is 146 Å². The summed E-state index contributed by atoms with van der Waals surface area (Å²) in [5.41, 5.74) is 9.85. The van der Waals surface area contributed by atoms with E-state index in [0.717, 1.165) is 22.1 Å². The average Bonchev–Trinajstić information content (AvgIpc) is 2.60. The fourth-order valence-corrected chi connectivity index (χ4v) is 2.98. The van der Waals surface area contributed by atoms with Crippen molar-refractivity contribution in [3.8, 4) is 22.9 Å². The van der Waals surface area contributed by atoms with Crippen LogP contribution in [0.25, 0.3) is 21.9 Å². The van der Waals surface area contributed by atoms with Gasteiger partial charge in [-0.25, -0.2) is 0 Å². The molecule has 0 aliphatic heterocycles. The number of nitrogens with two attached hydrogens (primary N) is 1. The number of hydrogen-bond acceptors (Lipinski definition) is 3. The molecule has 0 aliphatic rings. The van der Waals surface area contributed by atoms with Crippen molar-refractivity contribution < 1.29 is 9.53 Å². The average molecular weight is 329 g/mol. The number of primary amides is 1. The van der Waals surface area contributed by atoms with Crippen molar-refractivity contribution in [2.24, 2.45) is 5.73 Å². The number of benzene rings is 3. The largest absolute Gasteiger partial charge is 0.478 e. The third kappa shape index (κ3) is 3.05. The van der Waals surface area contributed by atoms with Gasteiger partial charge in [0.15, 0.2) is 6.61 Å². The second kappa shape index (κ2) is 6.66. The van der Waals surface area contributed by atoms with Gasteiger partial charge in [0, 0.05) is 0 Å². The Hall–Kier alpha value is -3.32. The first-order chi connectivity index (χ1) is 12.0. The van der Waals surface area contributed by atoms with Crippen LogP contribution in [0.5, 0.6) is 5.75 Å². The third-order valence-corrected chi connectivity index (χ3v) is 4.13. The molecule has 0 bridgehead atoms. The van der Waals surface area contributed by atoms with E-state index in [-0.39, 0.29) is 12.2 Å². The second-order valence-electron chi connectivity index (χ2n) is 5.81. The Morgan fingerprint density at radius 1 is 1.12 bits per heavy atom. The molecule has 3 rings (SSSR count). The van der Waals surface area contributed by atoms with Crippen molar-refractivity contribution in [1.29, 1.82) is 5.26 Å². The quantitative estimate of drug-likeness (QED) is 0.786. The van der Waals surface area contributed by atoms with Crippen LogP contribution in [0.3, 0.4) is 0 Å². The number of ether oxygens (including phenoxy) is 1. The zero-order valence-electron chi connectivity index (χ0n) is 13.9. The summed E-state index contributed by atoms with van der Waals surface area (Å²) in [4.78, 5) is 12.0. The van der Waals surface area contributed by atoms with Gasteiger partial charge in [-0.3, -0.25) is 4.79 Å². The van der Waals surface area contributed by atoms with Crippen molar-refractivity contribution in [2.45, 2.75) is 6.92 Å². The number of nitrogens with zero attached hydrogens (tertiary/aromatic N) is 1. The Bertz CT molecular complexity index is 999. The van der Waals surface area contributed by atoms with E-state index in [9.17, 15) is 4.79 Å². The number of aryl methyl sites for hydroxylation is 1. The molecule has 0 aromatic heterocycles. The van der Waals surface area contributed by atoms with Gasteiger partial charge >= 0.3 is 0 Å². The van der Waals surface area contributed by atoms with Gasteiger partial charge in [-0.1, -0.05) is 48.0 Å². The van der Waals surface area contributed by atoms with E-state index in [1.54, 1.807) is 6.07 Å². The number of nitriles is 1. The zero-order valence-corrected chi connectivity index (χ0v) is 13.9. The van der Waals surface area contributed by atoms with Gasteiger partial charge in [0.2, 0.25) is 0 Å². The molecule has 0 atom stereocenters. The normalized spacial score (nSPS) is 10.4. The minimum absolute atomic E-state index is 0.149. The molecular weight excluding hydrogens is 312 g/mol. The van der Waals surface area contributed by atoms with E-state index in [1.807, 2.05) is 55.5 Å². The fourth-order valence-electron chi connectivity index (χ4n) is 2.98. The highest BCUT2D eigenvalue weighted by Crippen LogP contribution is 2.36. The molecule has 123 valence electrons. The minimum atomic E-state index is -0.592. The van der Waals surface area contributed by atoms with Crippen LogP contribution in [0, 0.1) is 25.2 Å². The van der Waals surface area contributed by atoms with Gasteiger partial charge in [0.25, 0.3) is 5.91 Å². The van der Waals surface area contributed by atoms with Gasteiger partial charge in [0.05, 0.1) is 5.56 Å². The first kappa shape index (κ1) is 16.5. The topological polar surface area (TPSA) is 76.1 Å². The fraction of sp³-hybridized carbons (Fsp3) is 0.0952. The molecule has 0 saturated heterocycles. The maximum atomic E-state index is 12.0. The smallest absolute Gasteiger partial charge is 0.253 e. The van der Waals surface area contributed by atoms with Crippen molar-refractivity contribution in [1.82, 2.24) is 0 Å². The van der Waals surface area contributed by atoms with Crippen molar-refractivity contribution in [3.63, 3.8) is 0 Å². The van der Waals surface area contributed by atoms with Gasteiger partial charge < -0.3 is 10.5 Å². The molecule has 3 aromatic carbocycles. The van der Waals surface area contributed by atoms with Gasteiger partial charge in [0.1, 0.15) is 11.8 Å². The van der Waals surface area contributed by atoms with Gasteiger partial charge in [-0.15, -0.1) is 0 Å². The molecule has 0 saturated carbocycles. The van der Waals surface area contributed by atoms with E-state index >= 15 is 0 Å². The number of hydrogen-bond donors (Lipinski definition) is 1. The second-order valence-corrected chi connectivity index (χ2v) is 5.81. The summed E-state index contributed by atoms with van der Waals surface area (Å²) < 4.78 is 5.37. The molecular formula is C21H17N2O2. The van der Waals surface area contributed by atoms with Crippen LogP contribution in [-0.2, 0) is 0 Å². The SMILES string of the molecule is [CH2]c1ccc2c(C(N)=O)c(OCC#N)ccc2c1-c1ccc(C)cc1. The molecule has 1 radical (unpaired) electrons. The van der Waals surface area contributed by atoms with Crippen LogP contribution in [-0.4, -0.2) is 12.5 Å². The summed E-state index contributed by atoms with van der Waals surface area (Å²) in [5, 5.41) is 10.3.